The standard InChI is InChI=1S/C23H19FN2O/c24-19-13-11-16(12-14-19)20(27)15-21-25-22(17-7-3-1-4-8-17)23(26-21)18-9-5-2-6-10-18/h1-14,22-23H,15H2,(H,25,26). The van der Waals surface area contributed by atoms with Gasteiger partial charge in [-0.2, -0.15) is 0 Å². The molecule has 0 radical (unpaired) electrons. The zero-order valence-corrected chi connectivity index (χ0v) is 14.7. The maximum absolute atomic E-state index is 13.1. The van der Waals surface area contributed by atoms with Gasteiger partial charge in [-0.3, -0.25) is 9.79 Å². The molecule has 2 atom stereocenters. The minimum absolute atomic E-state index is 0.0235. The molecule has 1 N–H and O–H groups in total. The molecule has 0 saturated carbocycles. The van der Waals surface area contributed by atoms with Gasteiger partial charge in [0, 0.05) is 5.56 Å². The number of rotatable bonds is 5. The molecule has 0 fully saturated rings. The highest BCUT2D eigenvalue weighted by Crippen LogP contribution is 2.36. The lowest BCUT2D eigenvalue weighted by Crippen LogP contribution is -2.26. The Kier molecular flexibility index (Phi) is 4.79. The molecular weight excluding hydrogens is 339 g/mol. The zero-order valence-electron chi connectivity index (χ0n) is 14.7. The lowest BCUT2D eigenvalue weighted by atomic mass is 9.95. The topological polar surface area (TPSA) is 41.5 Å². The van der Waals surface area contributed by atoms with E-state index < -0.39 is 0 Å². The number of nitrogens with zero attached hydrogens (tertiary/aromatic N) is 1. The fraction of sp³-hybridized carbons (Fsp3) is 0.130. The maximum atomic E-state index is 13.1. The molecule has 3 aromatic carbocycles. The van der Waals surface area contributed by atoms with E-state index in [0.29, 0.717) is 11.4 Å². The SMILES string of the molecule is O=C(CC1=NC(c2ccccc2)C(c2ccccc2)N1)c1ccc(F)cc1. The largest absolute Gasteiger partial charge is 0.364 e. The average molecular weight is 358 g/mol. The third kappa shape index (κ3) is 3.80. The van der Waals surface area contributed by atoms with Gasteiger partial charge in [-0.05, 0) is 35.4 Å². The number of nitrogens with one attached hydrogen (secondary N) is 1. The molecule has 134 valence electrons. The number of benzene rings is 3. The molecule has 3 nitrogen and oxygen atoms in total. The van der Waals surface area contributed by atoms with E-state index >= 15 is 0 Å². The molecule has 3 aromatic rings. The van der Waals surface area contributed by atoms with Crippen LogP contribution in [0.1, 0.15) is 40.0 Å². The van der Waals surface area contributed by atoms with Crippen LogP contribution in [0.5, 0.6) is 0 Å². The van der Waals surface area contributed by atoms with E-state index in [4.69, 9.17) is 4.99 Å². The van der Waals surface area contributed by atoms with Crippen molar-refractivity contribution < 1.29 is 9.18 Å². The number of ketones is 1. The summed E-state index contributed by atoms with van der Waals surface area (Å²) in [6.07, 6.45) is 0.165. The average Bonchev–Trinajstić information content (AvgIpc) is 3.13. The van der Waals surface area contributed by atoms with E-state index in [2.05, 4.69) is 29.6 Å². The molecule has 0 bridgehead atoms. The van der Waals surface area contributed by atoms with Crippen LogP contribution in [0.2, 0.25) is 0 Å². The van der Waals surface area contributed by atoms with Gasteiger partial charge in [0.2, 0.25) is 0 Å². The summed E-state index contributed by atoms with van der Waals surface area (Å²) in [4.78, 5) is 17.4. The second-order valence-electron chi connectivity index (χ2n) is 6.57. The lowest BCUT2D eigenvalue weighted by molar-refractivity contribution is 0.1000. The zero-order chi connectivity index (χ0) is 18.6. The van der Waals surface area contributed by atoms with Crippen molar-refractivity contribution in [1.29, 1.82) is 0 Å². The van der Waals surface area contributed by atoms with Gasteiger partial charge < -0.3 is 5.32 Å². The van der Waals surface area contributed by atoms with Crippen LogP contribution >= 0.6 is 0 Å². The van der Waals surface area contributed by atoms with Gasteiger partial charge in [-0.15, -0.1) is 0 Å². The van der Waals surface area contributed by atoms with Crippen LogP contribution in [0.3, 0.4) is 0 Å². The Morgan fingerprint density at radius 3 is 2.07 bits per heavy atom. The van der Waals surface area contributed by atoms with Crippen molar-refractivity contribution >= 4 is 11.6 Å². The van der Waals surface area contributed by atoms with E-state index in [1.807, 2.05) is 36.4 Å². The summed E-state index contributed by atoms with van der Waals surface area (Å²) in [5.74, 6) is 0.227. The predicted molar refractivity (Wildman–Crippen MR) is 104 cm³/mol. The molecule has 0 aromatic heterocycles. The Balaban J connectivity index is 1.60. The van der Waals surface area contributed by atoms with Crippen molar-refractivity contribution in [1.82, 2.24) is 5.32 Å². The summed E-state index contributed by atoms with van der Waals surface area (Å²) in [6, 6.07) is 25.7. The van der Waals surface area contributed by atoms with E-state index in [0.717, 1.165) is 11.1 Å². The van der Waals surface area contributed by atoms with Crippen molar-refractivity contribution in [3.63, 3.8) is 0 Å². The smallest absolute Gasteiger partial charge is 0.170 e. The Hall–Kier alpha value is -3.27. The van der Waals surface area contributed by atoms with Gasteiger partial charge in [0.25, 0.3) is 0 Å². The molecule has 1 aliphatic heterocycles. The summed E-state index contributed by atoms with van der Waals surface area (Å²) in [5, 5.41) is 3.42. The van der Waals surface area contributed by atoms with Crippen molar-refractivity contribution in [3.05, 3.63) is 107 Å². The predicted octanol–water partition coefficient (Wildman–Crippen LogP) is 4.88. The molecule has 27 heavy (non-hydrogen) atoms. The first-order chi connectivity index (χ1) is 13.2. The van der Waals surface area contributed by atoms with Crippen LogP contribution < -0.4 is 5.32 Å². The van der Waals surface area contributed by atoms with E-state index in [9.17, 15) is 9.18 Å². The third-order valence-electron chi connectivity index (χ3n) is 4.73. The Labute approximate surface area is 157 Å². The van der Waals surface area contributed by atoms with Crippen LogP contribution in [-0.2, 0) is 0 Å². The number of Topliss-reactive ketones (excluding diaryl/α,β-unsaturated/α-hetero) is 1. The van der Waals surface area contributed by atoms with Gasteiger partial charge in [0.05, 0.1) is 12.5 Å². The van der Waals surface area contributed by atoms with E-state index in [1.54, 1.807) is 0 Å². The fourth-order valence-electron chi connectivity index (χ4n) is 3.37. The van der Waals surface area contributed by atoms with Crippen molar-refractivity contribution in [3.8, 4) is 0 Å². The number of aliphatic imine (C=N–C) groups is 1. The number of carbonyl (C=O) groups excluding carboxylic acids is 1. The minimum atomic E-state index is -0.351. The molecule has 0 amide bonds. The second-order valence-corrected chi connectivity index (χ2v) is 6.57. The first-order valence-corrected chi connectivity index (χ1v) is 8.92. The van der Waals surface area contributed by atoms with Gasteiger partial charge >= 0.3 is 0 Å². The van der Waals surface area contributed by atoms with Gasteiger partial charge in [0.1, 0.15) is 17.7 Å². The molecule has 0 spiro atoms. The highest BCUT2D eigenvalue weighted by atomic mass is 19.1. The van der Waals surface area contributed by atoms with Gasteiger partial charge in [-0.25, -0.2) is 4.39 Å². The highest BCUT2D eigenvalue weighted by Gasteiger charge is 2.31. The monoisotopic (exact) mass is 358 g/mol. The summed E-state index contributed by atoms with van der Waals surface area (Å²) < 4.78 is 13.1. The minimum Gasteiger partial charge on any atom is -0.364 e. The Morgan fingerprint density at radius 2 is 1.44 bits per heavy atom. The van der Waals surface area contributed by atoms with Crippen LogP contribution in [0.4, 0.5) is 4.39 Å². The maximum Gasteiger partial charge on any atom is 0.170 e. The molecular formula is C23H19FN2O. The van der Waals surface area contributed by atoms with Crippen molar-refractivity contribution in [2.24, 2.45) is 4.99 Å². The molecule has 2 unspecified atom stereocenters. The molecule has 4 heteroatoms. The van der Waals surface area contributed by atoms with Crippen LogP contribution in [0.25, 0.3) is 0 Å². The highest BCUT2D eigenvalue weighted by molar-refractivity contribution is 6.09. The summed E-state index contributed by atoms with van der Waals surface area (Å²) >= 11 is 0. The molecule has 0 saturated heterocycles. The number of hydrogen-bond acceptors (Lipinski definition) is 3. The van der Waals surface area contributed by atoms with Crippen molar-refractivity contribution in [2.45, 2.75) is 18.5 Å². The molecule has 4 rings (SSSR count). The van der Waals surface area contributed by atoms with Crippen molar-refractivity contribution in [2.75, 3.05) is 0 Å². The number of halogens is 1. The third-order valence-corrected chi connectivity index (χ3v) is 4.73. The Bertz CT molecular complexity index is 953. The van der Waals surface area contributed by atoms with Crippen LogP contribution in [-0.4, -0.2) is 11.6 Å². The quantitative estimate of drug-likeness (QED) is 0.660. The molecule has 1 aliphatic rings. The van der Waals surface area contributed by atoms with Crippen LogP contribution in [0, 0.1) is 5.82 Å². The summed E-state index contributed by atoms with van der Waals surface area (Å²) in [7, 11) is 0. The number of amidine groups is 1. The fourth-order valence-corrected chi connectivity index (χ4v) is 3.37. The number of hydrogen-bond donors (Lipinski definition) is 1. The summed E-state index contributed by atoms with van der Waals surface area (Å²) in [6.45, 7) is 0. The van der Waals surface area contributed by atoms with E-state index in [-0.39, 0.29) is 30.1 Å². The van der Waals surface area contributed by atoms with Gasteiger partial charge in [-0.1, -0.05) is 60.7 Å². The Morgan fingerprint density at radius 1 is 0.852 bits per heavy atom. The lowest BCUT2D eigenvalue weighted by Gasteiger charge is -2.19. The number of carbonyl (C=O) groups is 1. The molecule has 0 aliphatic carbocycles. The van der Waals surface area contributed by atoms with Gasteiger partial charge in [0.15, 0.2) is 5.78 Å². The van der Waals surface area contributed by atoms with Crippen LogP contribution in [0.15, 0.2) is 89.9 Å². The second kappa shape index (κ2) is 7.54. The first kappa shape index (κ1) is 17.2. The molecule has 1 heterocycles. The first-order valence-electron chi connectivity index (χ1n) is 8.92. The van der Waals surface area contributed by atoms with E-state index in [1.165, 1.54) is 24.3 Å². The summed E-state index contributed by atoms with van der Waals surface area (Å²) in [5.41, 5.74) is 2.71. The normalized spacial score (nSPS) is 18.6.